The van der Waals surface area contributed by atoms with Crippen molar-refractivity contribution in [3.63, 3.8) is 0 Å². The number of benzene rings is 5. The van der Waals surface area contributed by atoms with Crippen LogP contribution in [0.15, 0.2) is 115 Å². The lowest BCUT2D eigenvalue weighted by Crippen LogP contribution is -2.39. The molecule has 0 atom stereocenters. The molecule has 1 aliphatic heterocycles. The summed E-state index contributed by atoms with van der Waals surface area (Å²) in [5.41, 5.74) is 11.3. The molecule has 1 aliphatic carbocycles. The van der Waals surface area contributed by atoms with Crippen molar-refractivity contribution in [2.24, 2.45) is 0 Å². The summed E-state index contributed by atoms with van der Waals surface area (Å²) in [7, 11) is 3.48. The molecule has 38 heavy (non-hydrogen) atoms. The Bertz CT molecular complexity index is 1890. The van der Waals surface area contributed by atoms with Crippen molar-refractivity contribution in [2.75, 3.05) is 19.1 Å². The van der Waals surface area contributed by atoms with Gasteiger partial charge in [0.15, 0.2) is 0 Å². The van der Waals surface area contributed by atoms with E-state index >= 15 is 0 Å². The van der Waals surface area contributed by atoms with Gasteiger partial charge >= 0.3 is 0 Å². The first-order valence-electron chi connectivity index (χ1n) is 12.9. The van der Waals surface area contributed by atoms with Crippen LogP contribution in [-0.4, -0.2) is 14.2 Å². The summed E-state index contributed by atoms with van der Waals surface area (Å²) in [4.78, 5) is 2.37. The third kappa shape index (κ3) is 2.53. The number of rotatable bonds is 4. The highest BCUT2D eigenvalue weighted by molar-refractivity contribution is 6.21. The molecule has 0 spiro atoms. The maximum Gasteiger partial charge on any atom is 0.223 e. The Morgan fingerprint density at radius 1 is 0.553 bits per heavy atom. The molecule has 0 saturated heterocycles. The molecular formula is C34H25N2O2+. The summed E-state index contributed by atoms with van der Waals surface area (Å²) in [6.45, 7) is 0. The lowest BCUT2D eigenvalue weighted by atomic mass is 9.76. The molecule has 6 aromatic rings. The zero-order valence-electron chi connectivity index (χ0n) is 21.2. The van der Waals surface area contributed by atoms with Crippen LogP contribution in [-0.2, 0) is 15.3 Å². The van der Waals surface area contributed by atoms with Gasteiger partial charge in [-0.1, -0.05) is 66.7 Å². The van der Waals surface area contributed by atoms with Gasteiger partial charge in [-0.15, -0.1) is 0 Å². The SMILES string of the molecule is COC1(OC)c2cccc3c2-c2c4c(cccc4[n+](-c4ccccc4)c4cccc1c24)N3c1ccccc1. The highest BCUT2D eigenvalue weighted by Crippen LogP contribution is 2.59. The summed E-state index contributed by atoms with van der Waals surface area (Å²) >= 11 is 0. The predicted molar refractivity (Wildman–Crippen MR) is 151 cm³/mol. The standard InChI is InChI=1S/C34H25N2O2/c1-37-34(38-2)24-16-9-18-26-30(24)33-31-25(34)17-10-19-27(31)36(23-14-7-4-8-15-23)29-21-11-20-28(32(29)33)35(26)22-12-5-3-6-13-22/h3-21H,1-2H3/q+1. The minimum absolute atomic E-state index is 1.02. The Balaban J connectivity index is 1.68. The molecule has 0 fully saturated rings. The normalized spacial score (nSPS) is 14.4. The van der Waals surface area contributed by atoms with E-state index in [1.165, 1.54) is 10.9 Å². The molecule has 182 valence electrons. The van der Waals surface area contributed by atoms with Crippen LogP contribution in [0.2, 0.25) is 0 Å². The van der Waals surface area contributed by atoms with Crippen LogP contribution in [0.3, 0.4) is 0 Å². The number of hydrogen-bond donors (Lipinski definition) is 0. The van der Waals surface area contributed by atoms with Gasteiger partial charge < -0.3 is 14.4 Å². The summed E-state index contributed by atoms with van der Waals surface area (Å²) < 4.78 is 15.0. The smallest absolute Gasteiger partial charge is 0.223 e. The molecular weight excluding hydrogens is 468 g/mol. The molecule has 0 saturated carbocycles. The summed E-state index contributed by atoms with van der Waals surface area (Å²) in [5.74, 6) is -1.03. The van der Waals surface area contributed by atoms with Crippen LogP contribution in [0.25, 0.3) is 38.6 Å². The zero-order chi connectivity index (χ0) is 25.4. The molecule has 2 heterocycles. The number of methoxy groups -OCH3 is 2. The van der Waals surface area contributed by atoms with E-state index < -0.39 is 5.79 Å². The van der Waals surface area contributed by atoms with E-state index in [1.807, 2.05) is 0 Å². The fraction of sp³-hybridized carbons (Fsp3) is 0.0882. The van der Waals surface area contributed by atoms with Crippen LogP contribution >= 0.6 is 0 Å². The lowest BCUT2D eigenvalue weighted by Gasteiger charge is -2.42. The second-order valence-electron chi connectivity index (χ2n) is 9.81. The number of pyridine rings is 1. The number of hydrogen-bond acceptors (Lipinski definition) is 3. The monoisotopic (exact) mass is 493 g/mol. The fourth-order valence-electron chi connectivity index (χ4n) is 6.70. The van der Waals surface area contributed by atoms with Crippen LogP contribution in [0.5, 0.6) is 0 Å². The first kappa shape index (κ1) is 21.6. The molecule has 1 aromatic heterocycles. The van der Waals surface area contributed by atoms with Gasteiger partial charge in [-0.3, -0.25) is 0 Å². The summed E-state index contributed by atoms with van der Waals surface area (Å²) in [6, 6.07) is 40.8. The Morgan fingerprint density at radius 3 is 1.89 bits per heavy atom. The van der Waals surface area contributed by atoms with Crippen molar-refractivity contribution in [1.29, 1.82) is 0 Å². The largest absolute Gasteiger partial charge is 0.346 e. The molecule has 0 N–H and O–H groups in total. The lowest BCUT2D eigenvalue weighted by molar-refractivity contribution is -0.538. The van der Waals surface area contributed by atoms with Gasteiger partial charge in [0.1, 0.15) is 0 Å². The van der Waals surface area contributed by atoms with Gasteiger partial charge in [0.05, 0.1) is 22.1 Å². The number of aromatic nitrogens is 1. The number of ether oxygens (including phenoxy) is 2. The van der Waals surface area contributed by atoms with E-state index in [4.69, 9.17) is 9.47 Å². The predicted octanol–water partition coefficient (Wildman–Crippen LogP) is 7.53. The first-order chi connectivity index (χ1) is 18.8. The number of nitrogens with zero attached hydrogens (tertiary/aromatic N) is 2. The van der Waals surface area contributed by atoms with E-state index in [-0.39, 0.29) is 0 Å². The average Bonchev–Trinajstić information content (AvgIpc) is 2.99. The van der Waals surface area contributed by atoms with Gasteiger partial charge in [0, 0.05) is 66.4 Å². The van der Waals surface area contributed by atoms with E-state index in [9.17, 15) is 0 Å². The zero-order valence-corrected chi connectivity index (χ0v) is 21.2. The van der Waals surface area contributed by atoms with Crippen molar-refractivity contribution < 1.29 is 14.0 Å². The van der Waals surface area contributed by atoms with Crippen LogP contribution in [0, 0.1) is 0 Å². The van der Waals surface area contributed by atoms with Gasteiger partial charge in [0.2, 0.25) is 22.5 Å². The van der Waals surface area contributed by atoms with Crippen LogP contribution in [0.4, 0.5) is 17.1 Å². The van der Waals surface area contributed by atoms with Crippen molar-refractivity contribution in [2.45, 2.75) is 5.79 Å². The molecule has 0 amide bonds. The quantitative estimate of drug-likeness (QED) is 0.144. The van der Waals surface area contributed by atoms with Crippen molar-refractivity contribution in [1.82, 2.24) is 0 Å². The van der Waals surface area contributed by atoms with Gasteiger partial charge in [-0.05, 0) is 24.3 Å². The van der Waals surface area contributed by atoms with E-state index in [0.29, 0.717) is 0 Å². The second kappa shape index (κ2) is 7.75. The van der Waals surface area contributed by atoms with E-state index in [2.05, 4.69) is 125 Å². The molecule has 8 rings (SSSR count). The van der Waals surface area contributed by atoms with Crippen LogP contribution < -0.4 is 9.47 Å². The summed E-state index contributed by atoms with van der Waals surface area (Å²) in [6.07, 6.45) is 0. The first-order valence-corrected chi connectivity index (χ1v) is 12.9. The topological polar surface area (TPSA) is 25.6 Å². The third-order valence-electron chi connectivity index (χ3n) is 8.13. The molecule has 0 bridgehead atoms. The minimum Gasteiger partial charge on any atom is -0.346 e. The van der Waals surface area contributed by atoms with Crippen molar-refractivity contribution in [3.05, 3.63) is 126 Å². The molecule has 4 nitrogen and oxygen atoms in total. The molecule has 2 aliphatic rings. The number of anilines is 3. The van der Waals surface area contributed by atoms with E-state index in [1.54, 1.807) is 14.2 Å². The average molecular weight is 494 g/mol. The molecule has 0 radical (unpaired) electrons. The number of para-hydroxylation sites is 2. The van der Waals surface area contributed by atoms with Crippen molar-refractivity contribution >= 4 is 38.9 Å². The second-order valence-corrected chi connectivity index (χ2v) is 9.81. The van der Waals surface area contributed by atoms with Crippen LogP contribution in [0.1, 0.15) is 11.1 Å². The molecule has 5 aromatic carbocycles. The molecule has 4 heteroatoms. The summed E-state index contributed by atoms with van der Waals surface area (Å²) in [5, 5.41) is 2.38. The highest BCUT2D eigenvalue weighted by atomic mass is 16.7. The van der Waals surface area contributed by atoms with Gasteiger partial charge in [-0.2, -0.15) is 4.57 Å². The van der Waals surface area contributed by atoms with Crippen molar-refractivity contribution in [3.8, 4) is 16.8 Å². The Hall–Kier alpha value is -4.51. The third-order valence-corrected chi connectivity index (χ3v) is 8.13. The maximum absolute atomic E-state index is 6.33. The van der Waals surface area contributed by atoms with E-state index in [0.717, 1.165) is 55.9 Å². The fourth-order valence-corrected chi connectivity index (χ4v) is 6.70. The minimum atomic E-state index is -1.03. The Labute approximate surface area is 220 Å². The maximum atomic E-state index is 6.33. The Kier molecular flexibility index (Phi) is 4.40. The molecule has 0 unspecified atom stereocenters. The highest BCUT2D eigenvalue weighted by Gasteiger charge is 2.48. The Morgan fingerprint density at radius 2 is 1.16 bits per heavy atom. The van der Waals surface area contributed by atoms with Gasteiger partial charge in [0.25, 0.3) is 0 Å². The van der Waals surface area contributed by atoms with Gasteiger partial charge in [-0.25, -0.2) is 0 Å².